The number of carbonyl (C=O) groups excluding carboxylic acids is 1. The van der Waals surface area contributed by atoms with Crippen molar-refractivity contribution < 1.29 is 4.79 Å². The van der Waals surface area contributed by atoms with Crippen LogP contribution in [0.2, 0.25) is 0 Å². The summed E-state index contributed by atoms with van der Waals surface area (Å²) in [5.74, 6) is 0. The zero-order chi connectivity index (χ0) is 7.90. The highest BCUT2D eigenvalue weighted by atomic mass is 16.1. The number of likely N-dealkylation sites (tertiary alicyclic amines) is 2. The number of amides is 1. The Bertz CT molecular complexity index is 167. The summed E-state index contributed by atoms with van der Waals surface area (Å²) in [6.45, 7) is 7.73. The number of hydrogen-bond donors (Lipinski definition) is 0. The first kappa shape index (κ1) is 7.10. The standard InChI is InChI=1S/C8H14N2O/c1-2-9-3-8(4-9)5-10(6-8)7-11/h7H,2-6H2,1H3. The molecule has 2 aliphatic rings. The Balaban J connectivity index is 1.79. The minimum atomic E-state index is 0.511. The van der Waals surface area contributed by atoms with Gasteiger partial charge in [0.05, 0.1) is 0 Å². The zero-order valence-electron chi connectivity index (χ0n) is 6.92. The lowest BCUT2D eigenvalue weighted by molar-refractivity contribution is -0.145. The molecular formula is C8H14N2O. The van der Waals surface area contributed by atoms with Crippen LogP contribution in [0.5, 0.6) is 0 Å². The molecule has 0 aliphatic carbocycles. The first-order valence-electron chi connectivity index (χ1n) is 4.20. The summed E-state index contributed by atoms with van der Waals surface area (Å²) in [7, 11) is 0. The summed E-state index contributed by atoms with van der Waals surface area (Å²) in [6.07, 6.45) is 0.958. The van der Waals surface area contributed by atoms with Crippen LogP contribution in [0.25, 0.3) is 0 Å². The van der Waals surface area contributed by atoms with E-state index in [-0.39, 0.29) is 0 Å². The van der Waals surface area contributed by atoms with E-state index in [1.54, 1.807) is 0 Å². The van der Waals surface area contributed by atoms with Crippen molar-refractivity contribution in [2.75, 3.05) is 32.7 Å². The molecule has 0 atom stereocenters. The minimum absolute atomic E-state index is 0.511. The Morgan fingerprint density at radius 3 is 2.45 bits per heavy atom. The lowest BCUT2D eigenvalue weighted by atomic mass is 9.73. The molecule has 0 aromatic carbocycles. The molecule has 2 fully saturated rings. The van der Waals surface area contributed by atoms with Crippen molar-refractivity contribution >= 4 is 6.41 Å². The van der Waals surface area contributed by atoms with Crippen LogP contribution in [-0.4, -0.2) is 48.9 Å². The second-order valence-corrected chi connectivity index (χ2v) is 3.81. The maximum absolute atomic E-state index is 10.3. The third-order valence-corrected chi connectivity index (χ3v) is 2.79. The van der Waals surface area contributed by atoms with Gasteiger partial charge in [0.15, 0.2) is 0 Å². The second-order valence-electron chi connectivity index (χ2n) is 3.81. The fourth-order valence-corrected chi connectivity index (χ4v) is 2.22. The van der Waals surface area contributed by atoms with E-state index >= 15 is 0 Å². The molecule has 0 N–H and O–H groups in total. The smallest absolute Gasteiger partial charge is 0.209 e. The van der Waals surface area contributed by atoms with Gasteiger partial charge in [-0.3, -0.25) is 4.79 Å². The van der Waals surface area contributed by atoms with Crippen molar-refractivity contribution in [2.24, 2.45) is 5.41 Å². The van der Waals surface area contributed by atoms with E-state index in [1.165, 1.54) is 13.1 Å². The first-order chi connectivity index (χ1) is 5.28. The largest absolute Gasteiger partial charge is 0.344 e. The molecule has 0 aromatic rings. The summed E-state index contributed by atoms with van der Waals surface area (Å²) < 4.78 is 0. The number of hydrogen-bond acceptors (Lipinski definition) is 2. The Kier molecular flexibility index (Phi) is 1.42. The predicted octanol–water partition coefficient (Wildman–Crippen LogP) is -0.220. The first-order valence-corrected chi connectivity index (χ1v) is 4.20. The lowest BCUT2D eigenvalue weighted by Gasteiger charge is -2.59. The summed E-state index contributed by atoms with van der Waals surface area (Å²) in [5, 5.41) is 0. The van der Waals surface area contributed by atoms with Gasteiger partial charge in [0.2, 0.25) is 6.41 Å². The van der Waals surface area contributed by atoms with E-state index in [0.717, 1.165) is 26.0 Å². The normalized spacial score (nSPS) is 27.9. The highest BCUT2D eigenvalue weighted by Crippen LogP contribution is 2.38. The SMILES string of the molecule is CCN1CC2(CN(C=O)C2)C1. The van der Waals surface area contributed by atoms with Crippen molar-refractivity contribution in [1.82, 2.24) is 9.80 Å². The molecule has 2 aliphatic heterocycles. The quantitative estimate of drug-likeness (QED) is 0.513. The van der Waals surface area contributed by atoms with Crippen LogP contribution >= 0.6 is 0 Å². The second kappa shape index (κ2) is 2.21. The Morgan fingerprint density at radius 1 is 1.36 bits per heavy atom. The van der Waals surface area contributed by atoms with Crippen molar-refractivity contribution in [1.29, 1.82) is 0 Å². The highest BCUT2D eigenvalue weighted by molar-refractivity contribution is 5.49. The van der Waals surface area contributed by atoms with Crippen molar-refractivity contribution in [3.05, 3.63) is 0 Å². The van der Waals surface area contributed by atoms with Gasteiger partial charge in [-0.1, -0.05) is 6.92 Å². The lowest BCUT2D eigenvalue weighted by Crippen LogP contribution is -2.71. The van der Waals surface area contributed by atoms with Gasteiger partial charge in [-0.05, 0) is 6.54 Å². The van der Waals surface area contributed by atoms with Gasteiger partial charge in [0.1, 0.15) is 0 Å². The molecule has 1 spiro atoms. The van der Waals surface area contributed by atoms with E-state index in [4.69, 9.17) is 0 Å². The topological polar surface area (TPSA) is 23.6 Å². The summed E-state index contributed by atoms with van der Waals surface area (Å²) in [5.41, 5.74) is 0.511. The van der Waals surface area contributed by atoms with Crippen molar-refractivity contribution in [2.45, 2.75) is 6.92 Å². The van der Waals surface area contributed by atoms with Crippen molar-refractivity contribution in [3.63, 3.8) is 0 Å². The molecule has 11 heavy (non-hydrogen) atoms. The molecular weight excluding hydrogens is 140 g/mol. The van der Waals surface area contributed by atoms with Gasteiger partial charge >= 0.3 is 0 Å². The number of carbonyl (C=O) groups is 1. The van der Waals surface area contributed by atoms with E-state index in [2.05, 4.69) is 11.8 Å². The molecule has 0 aromatic heterocycles. The van der Waals surface area contributed by atoms with Crippen LogP contribution < -0.4 is 0 Å². The van der Waals surface area contributed by atoms with Crippen LogP contribution in [0.1, 0.15) is 6.92 Å². The Hall–Kier alpha value is -0.570. The maximum Gasteiger partial charge on any atom is 0.209 e. The summed E-state index contributed by atoms with van der Waals surface area (Å²) in [6, 6.07) is 0. The molecule has 2 rings (SSSR count). The Labute approximate surface area is 67.0 Å². The van der Waals surface area contributed by atoms with Crippen LogP contribution in [0.3, 0.4) is 0 Å². The molecule has 3 nitrogen and oxygen atoms in total. The van der Waals surface area contributed by atoms with E-state index in [0.29, 0.717) is 5.41 Å². The fourth-order valence-electron chi connectivity index (χ4n) is 2.22. The molecule has 2 saturated heterocycles. The molecule has 0 bridgehead atoms. The van der Waals surface area contributed by atoms with E-state index in [1.807, 2.05) is 4.90 Å². The third-order valence-electron chi connectivity index (χ3n) is 2.79. The summed E-state index contributed by atoms with van der Waals surface area (Å²) in [4.78, 5) is 14.6. The molecule has 2 heterocycles. The molecule has 0 radical (unpaired) electrons. The van der Waals surface area contributed by atoms with E-state index in [9.17, 15) is 4.79 Å². The monoisotopic (exact) mass is 154 g/mol. The van der Waals surface area contributed by atoms with Gasteiger partial charge < -0.3 is 9.80 Å². The molecule has 0 saturated carbocycles. The van der Waals surface area contributed by atoms with Gasteiger partial charge in [-0.25, -0.2) is 0 Å². The van der Waals surface area contributed by atoms with Gasteiger partial charge in [0, 0.05) is 31.6 Å². The Morgan fingerprint density at radius 2 is 2.00 bits per heavy atom. The third kappa shape index (κ3) is 0.948. The summed E-state index contributed by atoms with van der Waals surface area (Å²) >= 11 is 0. The molecule has 62 valence electrons. The molecule has 1 amide bonds. The van der Waals surface area contributed by atoms with Gasteiger partial charge in [0.25, 0.3) is 0 Å². The number of rotatable bonds is 2. The van der Waals surface area contributed by atoms with Gasteiger partial charge in [-0.15, -0.1) is 0 Å². The van der Waals surface area contributed by atoms with Crippen LogP contribution in [0, 0.1) is 5.41 Å². The minimum Gasteiger partial charge on any atom is -0.344 e. The van der Waals surface area contributed by atoms with Crippen LogP contribution in [-0.2, 0) is 4.79 Å². The van der Waals surface area contributed by atoms with Crippen LogP contribution in [0.15, 0.2) is 0 Å². The van der Waals surface area contributed by atoms with E-state index < -0.39 is 0 Å². The average molecular weight is 154 g/mol. The molecule has 0 unspecified atom stereocenters. The highest BCUT2D eigenvalue weighted by Gasteiger charge is 2.50. The van der Waals surface area contributed by atoms with Gasteiger partial charge in [-0.2, -0.15) is 0 Å². The maximum atomic E-state index is 10.3. The molecule has 3 heteroatoms. The zero-order valence-corrected chi connectivity index (χ0v) is 6.92. The van der Waals surface area contributed by atoms with Crippen LogP contribution in [0.4, 0.5) is 0 Å². The van der Waals surface area contributed by atoms with Crippen molar-refractivity contribution in [3.8, 4) is 0 Å². The number of nitrogens with zero attached hydrogens (tertiary/aromatic N) is 2. The fraction of sp³-hybridized carbons (Fsp3) is 0.875. The predicted molar refractivity (Wildman–Crippen MR) is 42.2 cm³/mol. The average Bonchev–Trinajstić information content (AvgIpc) is 1.83.